The molecule has 1 atom stereocenters. The van der Waals surface area contributed by atoms with Crippen molar-refractivity contribution in [3.8, 4) is 0 Å². The predicted octanol–water partition coefficient (Wildman–Crippen LogP) is 2.09. The molecule has 0 aliphatic carbocycles. The molecule has 0 aromatic heterocycles. The molecule has 0 bridgehead atoms. The molecular weight excluding hydrogens is 336 g/mol. The number of hydrogen-bond acceptors (Lipinski definition) is 4. The molecule has 1 N–H and O–H groups in total. The first-order chi connectivity index (χ1) is 12.0. The lowest BCUT2D eigenvalue weighted by molar-refractivity contribution is 0.0709. The Bertz CT molecular complexity index is 850. The number of amides is 1. The van der Waals surface area contributed by atoms with Crippen LogP contribution in [0.2, 0.25) is 0 Å². The van der Waals surface area contributed by atoms with E-state index in [0.717, 1.165) is 6.54 Å². The fourth-order valence-corrected chi connectivity index (χ4v) is 4.38. The fraction of sp³-hybridized carbons (Fsp3) is 0.316. The van der Waals surface area contributed by atoms with E-state index in [-0.39, 0.29) is 17.7 Å². The third-order valence-corrected chi connectivity index (χ3v) is 5.99. The van der Waals surface area contributed by atoms with Crippen molar-refractivity contribution < 1.29 is 13.2 Å². The van der Waals surface area contributed by atoms with Crippen LogP contribution in [0.3, 0.4) is 0 Å². The maximum atomic E-state index is 12.7. The Balaban J connectivity index is 1.79. The van der Waals surface area contributed by atoms with Crippen molar-refractivity contribution in [3.63, 3.8) is 0 Å². The maximum absolute atomic E-state index is 12.7. The van der Waals surface area contributed by atoms with Gasteiger partial charge in [-0.2, -0.15) is 0 Å². The Morgan fingerprint density at radius 1 is 1.16 bits per heavy atom. The van der Waals surface area contributed by atoms with Gasteiger partial charge in [-0.05, 0) is 36.8 Å². The molecule has 1 saturated heterocycles. The summed E-state index contributed by atoms with van der Waals surface area (Å²) in [4.78, 5) is 14.8. The van der Waals surface area contributed by atoms with Crippen molar-refractivity contribution >= 4 is 15.7 Å². The summed E-state index contributed by atoms with van der Waals surface area (Å²) in [6, 6.07) is 15.6. The molecule has 2 aromatic rings. The normalized spacial score (nSPS) is 18.1. The Kier molecular flexibility index (Phi) is 5.20. The number of hydrogen-bond donors (Lipinski definition) is 1. The molecule has 1 aliphatic rings. The van der Waals surface area contributed by atoms with E-state index in [1.165, 1.54) is 0 Å². The first-order valence-corrected chi connectivity index (χ1v) is 10.0. The molecule has 1 fully saturated rings. The van der Waals surface area contributed by atoms with E-state index in [4.69, 9.17) is 0 Å². The van der Waals surface area contributed by atoms with Gasteiger partial charge in [0, 0.05) is 31.2 Å². The SMILES string of the molecule is CC1CN(C(=O)c2cccc(CS(=O)(=O)c3ccccc3)c2)CCN1. The summed E-state index contributed by atoms with van der Waals surface area (Å²) in [6.45, 7) is 4.14. The number of rotatable bonds is 4. The lowest BCUT2D eigenvalue weighted by Gasteiger charge is -2.32. The lowest BCUT2D eigenvalue weighted by Crippen LogP contribution is -2.51. The van der Waals surface area contributed by atoms with Gasteiger partial charge in [0.15, 0.2) is 9.84 Å². The van der Waals surface area contributed by atoms with E-state index in [1.54, 1.807) is 54.6 Å². The molecular formula is C19H22N2O3S. The van der Waals surface area contributed by atoms with Crippen LogP contribution in [0.1, 0.15) is 22.8 Å². The second kappa shape index (κ2) is 7.37. The van der Waals surface area contributed by atoms with Crippen LogP contribution < -0.4 is 5.32 Å². The summed E-state index contributed by atoms with van der Waals surface area (Å²) in [5.74, 6) is -0.164. The van der Waals surface area contributed by atoms with Crippen molar-refractivity contribution in [3.05, 3.63) is 65.7 Å². The molecule has 3 rings (SSSR count). The molecule has 25 heavy (non-hydrogen) atoms. The number of benzene rings is 2. The average molecular weight is 358 g/mol. The van der Waals surface area contributed by atoms with E-state index < -0.39 is 9.84 Å². The first-order valence-electron chi connectivity index (χ1n) is 8.35. The van der Waals surface area contributed by atoms with Gasteiger partial charge in [0.25, 0.3) is 5.91 Å². The second-order valence-corrected chi connectivity index (χ2v) is 8.37. The van der Waals surface area contributed by atoms with Crippen LogP contribution in [0.15, 0.2) is 59.5 Å². The highest BCUT2D eigenvalue weighted by molar-refractivity contribution is 7.90. The summed E-state index contributed by atoms with van der Waals surface area (Å²) in [7, 11) is -3.42. The summed E-state index contributed by atoms with van der Waals surface area (Å²) in [6.07, 6.45) is 0. The standard InChI is InChI=1S/C19H22N2O3S/c1-15-13-21(11-10-20-15)19(22)17-7-5-6-16(12-17)14-25(23,24)18-8-3-2-4-9-18/h2-9,12,15,20H,10-11,13-14H2,1H3. The molecule has 1 unspecified atom stereocenters. The number of sulfone groups is 1. The quantitative estimate of drug-likeness (QED) is 0.909. The van der Waals surface area contributed by atoms with Gasteiger partial charge >= 0.3 is 0 Å². The zero-order valence-corrected chi connectivity index (χ0v) is 15.0. The third-order valence-electron chi connectivity index (χ3n) is 4.29. The zero-order chi connectivity index (χ0) is 17.9. The Hall–Kier alpha value is -2.18. The molecule has 6 heteroatoms. The minimum absolute atomic E-state index is 0.0488. The third kappa shape index (κ3) is 4.27. The number of nitrogens with zero attached hydrogens (tertiary/aromatic N) is 1. The Labute approximate surface area is 148 Å². The van der Waals surface area contributed by atoms with Gasteiger partial charge in [0.2, 0.25) is 0 Å². The number of carbonyl (C=O) groups excluding carboxylic acids is 1. The Morgan fingerprint density at radius 3 is 2.64 bits per heavy atom. The summed E-state index contributed by atoms with van der Waals surface area (Å²) < 4.78 is 25.0. The Morgan fingerprint density at radius 2 is 1.92 bits per heavy atom. The van der Waals surface area contributed by atoms with Crippen LogP contribution >= 0.6 is 0 Å². The fourth-order valence-electron chi connectivity index (χ4n) is 3.02. The monoisotopic (exact) mass is 358 g/mol. The number of piperazine rings is 1. The topological polar surface area (TPSA) is 66.5 Å². The zero-order valence-electron chi connectivity index (χ0n) is 14.2. The highest BCUT2D eigenvalue weighted by Gasteiger charge is 2.22. The smallest absolute Gasteiger partial charge is 0.253 e. The molecule has 0 saturated carbocycles. The van der Waals surface area contributed by atoms with Gasteiger partial charge in [0.1, 0.15) is 0 Å². The molecule has 5 nitrogen and oxygen atoms in total. The van der Waals surface area contributed by atoms with Crippen molar-refractivity contribution in [2.75, 3.05) is 19.6 Å². The van der Waals surface area contributed by atoms with Crippen LogP contribution in [0.25, 0.3) is 0 Å². The molecule has 2 aromatic carbocycles. The van der Waals surface area contributed by atoms with E-state index in [2.05, 4.69) is 5.32 Å². The van der Waals surface area contributed by atoms with Crippen molar-refractivity contribution in [1.29, 1.82) is 0 Å². The van der Waals surface area contributed by atoms with Crippen molar-refractivity contribution in [2.45, 2.75) is 23.6 Å². The largest absolute Gasteiger partial charge is 0.336 e. The van der Waals surface area contributed by atoms with Gasteiger partial charge in [-0.25, -0.2) is 8.42 Å². The molecule has 1 aliphatic heterocycles. The summed E-state index contributed by atoms with van der Waals surface area (Å²) >= 11 is 0. The molecule has 132 valence electrons. The second-order valence-electron chi connectivity index (χ2n) is 6.38. The van der Waals surface area contributed by atoms with E-state index in [0.29, 0.717) is 29.1 Å². The van der Waals surface area contributed by atoms with Gasteiger partial charge in [-0.1, -0.05) is 30.3 Å². The van der Waals surface area contributed by atoms with Gasteiger partial charge in [0.05, 0.1) is 10.6 Å². The van der Waals surface area contributed by atoms with Crippen LogP contribution in [0, 0.1) is 0 Å². The van der Waals surface area contributed by atoms with Crippen LogP contribution in [-0.2, 0) is 15.6 Å². The van der Waals surface area contributed by atoms with Crippen molar-refractivity contribution in [1.82, 2.24) is 10.2 Å². The van der Waals surface area contributed by atoms with Crippen LogP contribution in [-0.4, -0.2) is 44.9 Å². The number of nitrogens with one attached hydrogen (secondary N) is 1. The minimum Gasteiger partial charge on any atom is -0.336 e. The van der Waals surface area contributed by atoms with E-state index in [1.807, 2.05) is 11.8 Å². The van der Waals surface area contributed by atoms with Crippen molar-refractivity contribution in [2.24, 2.45) is 0 Å². The maximum Gasteiger partial charge on any atom is 0.253 e. The van der Waals surface area contributed by atoms with E-state index in [9.17, 15) is 13.2 Å². The van der Waals surface area contributed by atoms with Crippen LogP contribution in [0.5, 0.6) is 0 Å². The highest BCUT2D eigenvalue weighted by atomic mass is 32.2. The summed E-state index contributed by atoms with van der Waals surface area (Å²) in [5, 5.41) is 3.31. The molecule has 0 spiro atoms. The summed E-state index contributed by atoms with van der Waals surface area (Å²) in [5.41, 5.74) is 1.16. The lowest BCUT2D eigenvalue weighted by atomic mass is 10.1. The average Bonchev–Trinajstić information content (AvgIpc) is 2.62. The van der Waals surface area contributed by atoms with Crippen LogP contribution in [0.4, 0.5) is 0 Å². The molecule has 1 heterocycles. The highest BCUT2D eigenvalue weighted by Crippen LogP contribution is 2.18. The van der Waals surface area contributed by atoms with Gasteiger partial charge in [-0.15, -0.1) is 0 Å². The van der Waals surface area contributed by atoms with Gasteiger partial charge in [-0.3, -0.25) is 4.79 Å². The first kappa shape index (κ1) is 17.6. The molecule has 1 amide bonds. The molecule has 0 radical (unpaired) electrons. The predicted molar refractivity (Wildman–Crippen MR) is 97.1 cm³/mol. The van der Waals surface area contributed by atoms with Gasteiger partial charge < -0.3 is 10.2 Å². The minimum atomic E-state index is -3.42. The van der Waals surface area contributed by atoms with E-state index >= 15 is 0 Å². The number of carbonyl (C=O) groups is 1.